The predicted octanol–water partition coefficient (Wildman–Crippen LogP) is 3.18. The Kier molecular flexibility index (Phi) is 3.66. The van der Waals surface area contributed by atoms with E-state index < -0.39 is 0 Å². The molecule has 3 rings (SSSR count). The van der Waals surface area contributed by atoms with Crippen LogP contribution in [0.4, 0.5) is 0 Å². The predicted molar refractivity (Wildman–Crippen MR) is 75.8 cm³/mol. The van der Waals surface area contributed by atoms with Gasteiger partial charge in [-0.1, -0.05) is 31.9 Å². The van der Waals surface area contributed by atoms with Crippen molar-refractivity contribution in [2.24, 2.45) is 0 Å². The third-order valence-corrected chi connectivity index (χ3v) is 4.41. The molecule has 4 nitrogen and oxygen atoms in total. The summed E-state index contributed by atoms with van der Waals surface area (Å²) in [5, 5.41) is 0. The number of carbonyl (C=O) groups excluding carboxylic acids is 1. The van der Waals surface area contributed by atoms with E-state index >= 15 is 0 Å². The third kappa shape index (κ3) is 2.40. The van der Waals surface area contributed by atoms with E-state index in [9.17, 15) is 4.79 Å². The van der Waals surface area contributed by atoms with Crippen LogP contribution in [0.3, 0.4) is 0 Å². The van der Waals surface area contributed by atoms with E-state index in [-0.39, 0.29) is 18.1 Å². The minimum atomic E-state index is -0.213. The molecular formula is C16H21NO3. The van der Waals surface area contributed by atoms with Crippen LogP contribution in [0.1, 0.15) is 61.4 Å². The summed E-state index contributed by atoms with van der Waals surface area (Å²) in [7, 11) is 0. The lowest BCUT2D eigenvalue weighted by atomic mass is 9.97. The van der Waals surface area contributed by atoms with Crippen LogP contribution in [0.15, 0.2) is 18.2 Å². The van der Waals surface area contributed by atoms with E-state index in [1.54, 1.807) is 6.07 Å². The first-order valence-corrected chi connectivity index (χ1v) is 7.42. The molecule has 108 valence electrons. The molecule has 1 aliphatic carbocycles. The van der Waals surface area contributed by atoms with Gasteiger partial charge in [0.15, 0.2) is 0 Å². The van der Waals surface area contributed by atoms with E-state index in [1.807, 2.05) is 19.1 Å². The van der Waals surface area contributed by atoms with E-state index in [0.717, 1.165) is 18.4 Å². The first-order valence-electron chi connectivity index (χ1n) is 7.42. The van der Waals surface area contributed by atoms with Gasteiger partial charge in [0.2, 0.25) is 0 Å². The normalized spacial score (nSPS) is 25.3. The van der Waals surface area contributed by atoms with Gasteiger partial charge in [0.1, 0.15) is 11.9 Å². The third-order valence-electron chi connectivity index (χ3n) is 4.41. The first kappa shape index (κ1) is 13.4. The number of nitrogens with one attached hydrogen (secondary N) is 1. The highest BCUT2D eigenvalue weighted by Crippen LogP contribution is 2.40. The number of amides is 1. The van der Waals surface area contributed by atoms with Crippen LogP contribution >= 0.6 is 0 Å². The SMILES string of the molecule is CC1Oc2c(C(=O)NOC3CCCC3)cccc2C1C. The number of ether oxygens (including phenoxy) is 1. The van der Waals surface area contributed by atoms with Crippen molar-refractivity contribution in [1.29, 1.82) is 0 Å². The topological polar surface area (TPSA) is 47.6 Å². The fourth-order valence-electron chi connectivity index (χ4n) is 2.96. The van der Waals surface area contributed by atoms with Crippen molar-refractivity contribution in [2.45, 2.75) is 57.7 Å². The van der Waals surface area contributed by atoms with Gasteiger partial charge in [0.25, 0.3) is 5.91 Å². The molecule has 1 heterocycles. The molecule has 4 heteroatoms. The standard InChI is InChI=1S/C16H21NO3/c1-10-11(2)19-15-13(10)8-5-9-14(15)16(18)17-20-12-6-3-4-7-12/h5,8-12H,3-4,6-7H2,1-2H3,(H,17,18). The smallest absolute Gasteiger partial charge is 0.278 e. The number of carbonyl (C=O) groups is 1. The van der Waals surface area contributed by atoms with Crippen LogP contribution in [-0.2, 0) is 4.84 Å². The summed E-state index contributed by atoms with van der Waals surface area (Å²) >= 11 is 0. The van der Waals surface area contributed by atoms with Crippen LogP contribution in [0.25, 0.3) is 0 Å². The molecule has 1 aromatic rings. The lowest BCUT2D eigenvalue weighted by Gasteiger charge is -2.13. The zero-order chi connectivity index (χ0) is 14.1. The van der Waals surface area contributed by atoms with Crippen LogP contribution in [0, 0.1) is 0 Å². The molecule has 1 aliphatic heterocycles. The monoisotopic (exact) mass is 275 g/mol. The van der Waals surface area contributed by atoms with E-state index in [4.69, 9.17) is 9.57 Å². The van der Waals surface area contributed by atoms with Gasteiger partial charge < -0.3 is 4.74 Å². The fraction of sp³-hybridized carbons (Fsp3) is 0.562. The number of rotatable bonds is 3. The maximum absolute atomic E-state index is 12.3. The van der Waals surface area contributed by atoms with E-state index in [0.29, 0.717) is 17.2 Å². The fourth-order valence-corrected chi connectivity index (χ4v) is 2.96. The lowest BCUT2D eigenvalue weighted by Crippen LogP contribution is -2.28. The highest BCUT2D eigenvalue weighted by Gasteiger charge is 2.31. The summed E-state index contributed by atoms with van der Waals surface area (Å²) < 4.78 is 5.83. The van der Waals surface area contributed by atoms with E-state index in [2.05, 4.69) is 12.4 Å². The largest absolute Gasteiger partial charge is 0.489 e. The van der Waals surface area contributed by atoms with Gasteiger partial charge in [0.05, 0.1) is 11.7 Å². The molecule has 0 aromatic heterocycles. The molecule has 1 amide bonds. The Labute approximate surface area is 119 Å². The van der Waals surface area contributed by atoms with Crippen molar-refractivity contribution in [1.82, 2.24) is 5.48 Å². The quantitative estimate of drug-likeness (QED) is 0.862. The summed E-state index contributed by atoms with van der Waals surface area (Å²) in [5.74, 6) is 0.809. The maximum atomic E-state index is 12.3. The summed E-state index contributed by atoms with van der Waals surface area (Å²) in [5.41, 5.74) is 4.25. The van der Waals surface area contributed by atoms with Gasteiger partial charge >= 0.3 is 0 Å². The number of hydrogen-bond donors (Lipinski definition) is 1. The molecule has 1 aromatic carbocycles. The number of fused-ring (bicyclic) bond motifs is 1. The van der Waals surface area contributed by atoms with Crippen molar-refractivity contribution in [3.05, 3.63) is 29.3 Å². The van der Waals surface area contributed by atoms with Gasteiger partial charge in [-0.2, -0.15) is 0 Å². The Balaban J connectivity index is 1.72. The highest BCUT2D eigenvalue weighted by atomic mass is 16.7. The van der Waals surface area contributed by atoms with Crippen molar-refractivity contribution in [3.8, 4) is 5.75 Å². The molecule has 0 spiro atoms. The van der Waals surface area contributed by atoms with Gasteiger partial charge in [-0.3, -0.25) is 9.63 Å². The molecule has 1 N–H and O–H groups in total. The second-order valence-electron chi connectivity index (χ2n) is 5.79. The minimum absolute atomic E-state index is 0.106. The maximum Gasteiger partial charge on any atom is 0.278 e. The number of para-hydroxylation sites is 1. The van der Waals surface area contributed by atoms with Crippen molar-refractivity contribution >= 4 is 5.91 Å². The molecule has 0 saturated heterocycles. The van der Waals surface area contributed by atoms with Gasteiger partial charge in [-0.25, -0.2) is 5.48 Å². The van der Waals surface area contributed by atoms with Crippen LogP contribution < -0.4 is 10.2 Å². The Morgan fingerprint density at radius 1 is 1.30 bits per heavy atom. The summed E-state index contributed by atoms with van der Waals surface area (Å²) in [4.78, 5) is 17.7. The Bertz CT molecular complexity index is 508. The molecule has 0 bridgehead atoms. The van der Waals surface area contributed by atoms with Crippen LogP contribution in [0.5, 0.6) is 5.75 Å². The van der Waals surface area contributed by atoms with E-state index in [1.165, 1.54) is 12.8 Å². The molecule has 0 radical (unpaired) electrons. The average molecular weight is 275 g/mol. The van der Waals surface area contributed by atoms with Gasteiger partial charge in [-0.05, 0) is 25.8 Å². The summed E-state index contributed by atoms with van der Waals surface area (Å²) in [6.45, 7) is 4.15. The number of hydroxylamine groups is 1. The highest BCUT2D eigenvalue weighted by molar-refractivity contribution is 5.97. The van der Waals surface area contributed by atoms with Crippen molar-refractivity contribution < 1.29 is 14.4 Å². The molecule has 1 saturated carbocycles. The van der Waals surface area contributed by atoms with Crippen LogP contribution in [0.2, 0.25) is 0 Å². The van der Waals surface area contributed by atoms with Crippen molar-refractivity contribution in [2.75, 3.05) is 0 Å². The molecule has 2 unspecified atom stereocenters. The van der Waals surface area contributed by atoms with Crippen LogP contribution in [-0.4, -0.2) is 18.1 Å². The minimum Gasteiger partial charge on any atom is -0.489 e. The molecule has 2 atom stereocenters. The summed E-state index contributed by atoms with van der Waals surface area (Å²) in [6.07, 6.45) is 4.68. The van der Waals surface area contributed by atoms with Gasteiger partial charge in [0, 0.05) is 11.5 Å². The first-order chi connectivity index (χ1) is 9.66. The average Bonchev–Trinajstić information content (AvgIpc) is 3.06. The molecule has 2 aliphatic rings. The van der Waals surface area contributed by atoms with Gasteiger partial charge in [-0.15, -0.1) is 0 Å². The molecule has 20 heavy (non-hydrogen) atoms. The summed E-state index contributed by atoms with van der Waals surface area (Å²) in [6, 6.07) is 5.72. The zero-order valence-corrected chi connectivity index (χ0v) is 12.0. The second-order valence-corrected chi connectivity index (χ2v) is 5.79. The Morgan fingerprint density at radius 2 is 2.05 bits per heavy atom. The number of benzene rings is 1. The molecule has 1 fully saturated rings. The number of hydrogen-bond acceptors (Lipinski definition) is 3. The lowest BCUT2D eigenvalue weighted by molar-refractivity contribution is -0.0126. The second kappa shape index (κ2) is 5.44. The Morgan fingerprint density at radius 3 is 2.80 bits per heavy atom. The van der Waals surface area contributed by atoms with Crippen molar-refractivity contribution in [3.63, 3.8) is 0 Å². The molecular weight excluding hydrogens is 254 g/mol. The zero-order valence-electron chi connectivity index (χ0n) is 12.0. The Hall–Kier alpha value is -1.55.